The molecule has 5 heteroatoms. The van der Waals surface area contributed by atoms with E-state index in [9.17, 15) is 8.42 Å². The van der Waals surface area contributed by atoms with Gasteiger partial charge in [-0.25, -0.2) is 8.42 Å². The Bertz CT molecular complexity index is 711. The zero-order chi connectivity index (χ0) is 14.8. The maximum absolute atomic E-state index is 12.4. The monoisotopic (exact) mass is 290 g/mol. The summed E-state index contributed by atoms with van der Waals surface area (Å²) in [6.07, 6.45) is 0. The third kappa shape index (κ3) is 3.18. The molecule has 2 aromatic carbocycles. The van der Waals surface area contributed by atoms with Crippen LogP contribution in [-0.4, -0.2) is 19.8 Å². The number of benzene rings is 2. The van der Waals surface area contributed by atoms with Gasteiger partial charge in [0.05, 0.1) is 4.90 Å². The highest BCUT2D eigenvalue weighted by Gasteiger charge is 2.20. The second kappa shape index (κ2) is 5.64. The normalized spacial score (nSPS) is 11.8. The molecule has 0 spiro atoms. The van der Waals surface area contributed by atoms with Gasteiger partial charge in [-0.3, -0.25) is 0 Å². The minimum atomic E-state index is -3.52. The van der Waals surface area contributed by atoms with Crippen molar-refractivity contribution in [3.63, 3.8) is 0 Å². The SMILES string of the molecule is Cc1cccc(CN(C)S(=O)(=O)c2cccc(N)c2)c1. The van der Waals surface area contributed by atoms with Gasteiger partial charge in [-0.15, -0.1) is 0 Å². The first-order chi connectivity index (χ1) is 9.39. The summed E-state index contributed by atoms with van der Waals surface area (Å²) in [6, 6.07) is 14.1. The maximum atomic E-state index is 12.4. The van der Waals surface area contributed by atoms with Crippen LogP contribution < -0.4 is 5.73 Å². The van der Waals surface area contributed by atoms with Crippen molar-refractivity contribution in [2.24, 2.45) is 0 Å². The highest BCUT2D eigenvalue weighted by Crippen LogP contribution is 2.19. The van der Waals surface area contributed by atoms with Crippen molar-refractivity contribution in [1.82, 2.24) is 4.31 Å². The van der Waals surface area contributed by atoms with Crippen molar-refractivity contribution in [1.29, 1.82) is 0 Å². The third-order valence-electron chi connectivity index (χ3n) is 3.05. The molecular formula is C15H18N2O2S. The Morgan fingerprint density at radius 1 is 1.10 bits per heavy atom. The second-order valence-electron chi connectivity index (χ2n) is 4.82. The Kier molecular flexibility index (Phi) is 4.11. The van der Waals surface area contributed by atoms with Gasteiger partial charge < -0.3 is 5.73 Å². The first-order valence-electron chi connectivity index (χ1n) is 6.27. The van der Waals surface area contributed by atoms with Crippen molar-refractivity contribution < 1.29 is 8.42 Å². The largest absolute Gasteiger partial charge is 0.399 e. The van der Waals surface area contributed by atoms with Gasteiger partial charge >= 0.3 is 0 Å². The second-order valence-corrected chi connectivity index (χ2v) is 6.87. The van der Waals surface area contributed by atoms with E-state index in [1.807, 2.05) is 31.2 Å². The van der Waals surface area contributed by atoms with E-state index >= 15 is 0 Å². The van der Waals surface area contributed by atoms with Gasteiger partial charge in [0.25, 0.3) is 0 Å². The molecule has 0 radical (unpaired) electrons. The van der Waals surface area contributed by atoms with Crippen LogP contribution in [0.4, 0.5) is 5.69 Å². The highest BCUT2D eigenvalue weighted by atomic mass is 32.2. The molecule has 20 heavy (non-hydrogen) atoms. The lowest BCUT2D eigenvalue weighted by Gasteiger charge is -2.17. The molecule has 2 aromatic rings. The van der Waals surface area contributed by atoms with Crippen LogP contribution >= 0.6 is 0 Å². The van der Waals surface area contributed by atoms with E-state index in [2.05, 4.69) is 0 Å². The average Bonchev–Trinajstić information content (AvgIpc) is 2.38. The first kappa shape index (κ1) is 14.6. The van der Waals surface area contributed by atoms with E-state index in [4.69, 9.17) is 5.73 Å². The molecule has 0 fully saturated rings. The fourth-order valence-corrected chi connectivity index (χ4v) is 3.22. The smallest absolute Gasteiger partial charge is 0.243 e. The van der Waals surface area contributed by atoms with Crippen molar-refractivity contribution in [2.75, 3.05) is 12.8 Å². The van der Waals surface area contributed by atoms with Crippen LogP contribution in [0, 0.1) is 6.92 Å². The number of hydrogen-bond donors (Lipinski definition) is 1. The number of nitrogens with zero attached hydrogens (tertiary/aromatic N) is 1. The molecule has 0 aliphatic carbocycles. The zero-order valence-corrected chi connectivity index (χ0v) is 12.4. The molecule has 0 saturated carbocycles. The summed E-state index contributed by atoms with van der Waals surface area (Å²) < 4.78 is 26.2. The Balaban J connectivity index is 2.26. The van der Waals surface area contributed by atoms with Crippen LogP contribution in [0.15, 0.2) is 53.4 Å². The summed E-state index contributed by atoms with van der Waals surface area (Å²) in [4.78, 5) is 0.215. The minimum Gasteiger partial charge on any atom is -0.399 e. The molecule has 106 valence electrons. The van der Waals surface area contributed by atoms with Crippen LogP contribution in [0.25, 0.3) is 0 Å². The molecule has 2 rings (SSSR count). The average molecular weight is 290 g/mol. The summed E-state index contributed by atoms with van der Waals surface area (Å²) >= 11 is 0. The van der Waals surface area contributed by atoms with Crippen molar-refractivity contribution in [3.05, 3.63) is 59.7 Å². The van der Waals surface area contributed by atoms with Gasteiger partial charge in [-0.1, -0.05) is 35.9 Å². The Morgan fingerprint density at radius 3 is 2.45 bits per heavy atom. The zero-order valence-electron chi connectivity index (χ0n) is 11.6. The van der Waals surface area contributed by atoms with Crippen LogP contribution in [0.5, 0.6) is 0 Å². The fraction of sp³-hybridized carbons (Fsp3) is 0.200. The number of sulfonamides is 1. The number of hydrogen-bond acceptors (Lipinski definition) is 3. The van der Waals surface area contributed by atoms with Crippen molar-refractivity contribution in [3.8, 4) is 0 Å². The molecule has 4 nitrogen and oxygen atoms in total. The molecule has 0 amide bonds. The highest BCUT2D eigenvalue weighted by molar-refractivity contribution is 7.89. The topological polar surface area (TPSA) is 63.4 Å². The van der Waals surface area contributed by atoms with Gasteiger partial charge in [-0.05, 0) is 30.7 Å². The van der Waals surface area contributed by atoms with Crippen LogP contribution in [0.1, 0.15) is 11.1 Å². The molecule has 0 aliphatic rings. The summed E-state index contributed by atoms with van der Waals surface area (Å²) in [5, 5.41) is 0. The molecule has 2 N–H and O–H groups in total. The standard InChI is InChI=1S/C15H18N2O2S/c1-12-5-3-6-13(9-12)11-17(2)20(18,19)15-8-4-7-14(16)10-15/h3-10H,11,16H2,1-2H3. The van der Waals surface area contributed by atoms with E-state index in [-0.39, 0.29) is 4.90 Å². The number of nitrogens with two attached hydrogens (primary N) is 1. The number of aryl methyl sites for hydroxylation is 1. The van der Waals surface area contributed by atoms with Crippen LogP contribution in [-0.2, 0) is 16.6 Å². The summed E-state index contributed by atoms with van der Waals surface area (Å²) in [6.45, 7) is 2.31. The lowest BCUT2D eigenvalue weighted by Crippen LogP contribution is -2.26. The van der Waals surface area contributed by atoms with Gasteiger partial charge in [0.1, 0.15) is 0 Å². The summed E-state index contributed by atoms with van der Waals surface area (Å²) in [5.74, 6) is 0. The minimum absolute atomic E-state index is 0.215. The van der Waals surface area contributed by atoms with E-state index in [1.54, 1.807) is 25.2 Å². The molecule has 0 aliphatic heterocycles. The molecular weight excluding hydrogens is 272 g/mol. The van der Waals surface area contributed by atoms with Crippen LogP contribution in [0.2, 0.25) is 0 Å². The van der Waals surface area contributed by atoms with E-state index in [0.717, 1.165) is 11.1 Å². The van der Waals surface area contributed by atoms with E-state index < -0.39 is 10.0 Å². The summed E-state index contributed by atoms with van der Waals surface area (Å²) in [7, 11) is -1.95. The Hall–Kier alpha value is -1.85. The number of anilines is 1. The van der Waals surface area contributed by atoms with E-state index in [0.29, 0.717) is 12.2 Å². The first-order valence-corrected chi connectivity index (χ1v) is 7.71. The number of rotatable bonds is 4. The molecule has 0 unspecified atom stereocenters. The molecule has 0 bridgehead atoms. The third-order valence-corrected chi connectivity index (χ3v) is 4.85. The summed E-state index contributed by atoms with van der Waals surface area (Å²) in [5.41, 5.74) is 8.15. The fourth-order valence-electron chi connectivity index (χ4n) is 2.01. The Labute approximate surface area is 119 Å². The molecule has 0 saturated heterocycles. The van der Waals surface area contributed by atoms with Gasteiger partial charge in [0.2, 0.25) is 10.0 Å². The van der Waals surface area contributed by atoms with Gasteiger partial charge in [0, 0.05) is 19.3 Å². The lowest BCUT2D eigenvalue weighted by molar-refractivity contribution is 0.466. The molecule has 0 aromatic heterocycles. The Morgan fingerprint density at radius 2 is 1.80 bits per heavy atom. The lowest BCUT2D eigenvalue weighted by atomic mass is 10.1. The maximum Gasteiger partial charge on any atom is 0.243 e. The van der Waals surface area contributed by atoms with Gasteiger partial charge in [0.15, 0.2) is 0 Å². The predicted molar refractivity (Wildman–Crippen MR) is 80.7 cm³/mol. The number of nitrogen functional groups attached to an aromatic ring is 1. The quantitative estimate of drug-likeness (QED) is 0.879. The molecule has 0 heterocycles. The predicted octanol–water partition coefficient (Wildman–Crippen LogP) is 2.40. The van der Waals surface area contributed by atoms with Crippen molar-refractivity contribution >= 4 is 15.7 Å². The van der Waals surface area contributed by atoms with Gasteiger partial charge in [-0.2, -0.15) is 4.31 Å². The molecule has 0 atom stereocenters. The van der Waals surface area contributed by atoms with E-state index in [1.165, 1.54) is 10.4 Å². The van der Waals surface area contributed by atoms with Crippen molar-refractivity contribution in [2.45, 2.75) is 18.4 Å². The van der Waals surface area contributed by atoms with Crippen LogP contribution in [0.3, 0.4) is 0 Å².